The zero-order valence-electron chi connectivity index (χ0n) is 11.3. The molecule has 1 fully saturated rings. The maximum Gasteiger partial charge on any atom is 0.123 e. The van der Waals surface area contributed by atoms with Gasteiger partial charge in [0.15, 0.2) is 0 Å². The number of halogens is 4. The summed E-state index contributed by atoms with van der Waals surface area (Å²) in [5.41, 5.74) is 0.913. The van der Waals surface area contributed by atoms with Gasteiger partial charge in [-0.05, 0) is 18.2 Å². The van der Waals surface area contributed by atoms with E-state index in [4.69, 9.17) is 4.74 Å². The fraction of sp³-hybridized carbons (Fsp3) is 0.538. The van der Waals surface area contributed by atoms with E-state index in [0.717, 1.165) is 42.0 Å². The highest BCUT2D eigenvalue weighted by molar-refractivity contribution is 9.10. The van der Waals surface area contributed by atoms with Crippen LogP contribution in [-0.4, -0.2) is 44.9 Å². The number of nitrogens with one attached hydrogen (secondary N) is 1. The number of nitrogens with zero attached hydrogens (tertiary/aromatic N) is 1. The smallest absolute Gasteiger partial charge is 0.123 e. The Labute approximate surface area is 140 Å². The quantitative estimate of drug-likeness (QED) is 0.855. The first-order valence-corrected chi connectivity index (χ1v) is 6.89. The van der Waals surface area contributed by atoms with Gasteiger partial charge in [0.25, 0.3) is 0 Å². The topological polar surface area (TPSA) is 24.5 Å². The van der Waals surface area contributed by atoms with Crippen molar-refractivity contribution in [3.05, 3.63) is 28.2 Å². The van der Waals surface area contributed by atoms with E-state index in [9.17, 15) is 4.39 Å². The summed E-state index contributed by atoms with van der Waals surface area (Å²) in [4.78, 5) is 2.17. The summed E-state index contributed by atoms with van der Waals surface area (Å²) in [5.74, 6) is 0.749. The molecule has 1 heterocycles. The zero-order chi connectivity index (χ0) is 13.0. The summed E-state index contributed by atoms with van der Waals surface area (Å²) >= 11 is 3.44. The van der Waals surface area contributed by atoms with Gasteiger partial charge in [0, 0.05) is 36.2 Å². The minimum atomic E-state index is -0.396. The predicted octanol–water partition coefficient (Wildman–Crippen LogP) is 3.22. The Kier molecular flexibility index (Phi) is 9.76. The van der Waals surface area contributed by atoms with Crippen LogP contribution in [0.1, 0.15) is 11.6 Å². The number of benzene rings is 1. The Balaban J connectivity index is 0.00000180. The second kappa shape index (κ2) is 9.79. The monoisotopic (exact) mass is 388 g/mol. The van der Waals surface area contributed by atoms with E-state index in [1.54, 1.807) is 7.11 Å². The van der Waals surface area contributed by atoms with Crippen LogP contribution in [0.2, 0.25) is 0 Å². The second-order valence-electron chi connectivity index (χ2n) is 4.34. The van der Waals surface area contributed by atoms with E-state index in [0.29, 0.717) is 0 Å². The van der Waals surface area contributed by atoms with E-state index < -0.39 is 6.67 Å². The summed E-state index contributed by atoms with van der Waals surface area (Å²) in [5, 5.41) is 3.28. The summed E-state index contributed by atoms with van der Waals surface area (Å²) in [6, 6.07) is 5.52. The molecule has 0 aromatic heterocycles. The molecular weight excluding hydrogens is 370 g/mol. The summed E-state index contributed by atoms with van der Waals surface area (Å²) in [6.45, 7) is 3.15. The average molecular weight is 390 g/mol. The standard InChI is InChI=1S/C13H18BrFN2O.2ClH/c1-18-13-3-2-10(14)8-11(13)12(9-15)17-6-4-16-5-7-17;;/h2-3,8,12,16H,4-7,9H2,1H3;2*1H/t12-;;/m1../s1. The number of piperazine rings is 1. The van der Waals surface area contributed by atoms with Crippen LogP contribution in [0, 0.1) is 0 Å². The Bertz CT molecular complexity index is 406. The van der Waals surface area contributed by atoms with Crippen LogP contribution in [0.5, 0.6) is 5.75 Å². The molecule has 1 N–H and O–H groups in total. The molecule has 0 spiro atoms. The third-order valence-corrected chi connectivity index (χ3v) is 3.78. The van der Waals surface area contributed by atoms with Crippen LogP contribution in [0.15, 0.2) is 22.7 Å². The summed E-state index contributed by atoms with van der Waals surface area (Å²) < 4.78 is 19.7. The first-order chi connectivity index (χ1) is 8.76. The SMILES string of the molecule is COc1ccc(Br)cc1[C@@H](CF)N1CCNCC1.Cl.Cl. The van der Waals surface area contributed by atoms with Gasteiger partial charge in [-0.2, -0.15) is 0 Å². The lowest BCUT2D eigenvalue weighted by atomic mass is 10.0. The Morgan fingerprint density at radius 2 is 2.00 bits per heavy atom. The molecule has 0 amide bonds. The molecule has 0 unspecified atom stereocenters. The Hall–Kier alpha value is -0.0700. The molecule has 0 bridgehead atoms. The van der Waals surface area contributed by atoms with Crippen LogP contribution in [-0.2, 0) is 0 Å². The summed E-state index contributed by atoms with van der Waals surface area (Å²) in [6.07, 6.45) is 0. The van der Waals surface area contributed by atoms with Crippen molar-refractivity contribution in [1.29, 1.82) is 0 Å². The number of hydrogen-bond donors (Lipinski definition) is 1. The predicted molar refractivity (Wildman–Crippen MR) is 88.3 cm³/mol. The molecule has 3 nitrogen and oxygen atoms in total. The van der Waals surface area contributed by atoms with Gasteiger partial charge in [0.2, 0.25) is 0 Å². The lowest BCUT2D eigenvalue weighted by molar-refractivity contribution is 0.145. The van der Waals surface area contributed by atoms with Gasteiger partial charge in [-0.25, -0.2) is 4.39 Å². The van der Waals surface area contributed by atoms with Gasteiger partial charge < -0.3 is 10.1 Å². The normalized spacial score (nSPS) is 16.8. The van der Waals surface area contributed by atoms with Gasteiger partial charge in [0.1, 0.15) is 12.4 Å². The zero-order valence-corrected chi connectivity index (χ0v) is 14.5. The largest absolute Gasteiger partial charge is 0.496 e. The Morgan fingerprint density at radius 1 is 1.35 bits per heavy atom. The fourth-order valence-corrected chi connectivity index (χ4v) is 2.72. The molecule has 7 heteroatoms. The molecule has 1 aliphatic heterocycles. The van der Waals surface area contributed by atoms with E-state index in [1.165, 1.54) is 0 Å². The van der Waals surface area contributed by atoms with Crippen LogP contribution >= 0.6 is 40.7 Å². The van der Waals surface area contributed by atoms with Gasteiger partial charge in [0.05, 0.1) is 13.2 Å². The van der Waals surface area contributed by atoms with E-state index in [2.05, 4.69) is 26.1 Å². The van der Waals surface area contributed by atoms with Crippen molar-refractivity contribution < 1.29 is 9.13 Å². The molecule has 1 aromatic carbocycles. The fourth-order valence-electron chi connectivity index (χ4n) is 2.34. The molecule has 116 valence electrons. The molecule has 1 aliphatic rings. The van der Waals surface area contributed by atoms with Gasteiger partial charge in [-0.1, -0.05) is 15.9 Å². The van der Waals surface area contributed by atoms with Gasteiger partial charge in [-0.3, -0.25) is 4.90 Å². The third-order valence-electron chi connectivity index (χ3n) is 3.29. The lowest BCUT2D eigenvalue weighted by Crippen LogP contribution is -2.45. The van der Waals surface area contributed by atoms with Crippen molar-refractivity contribution in [2.24, 2.45) is 0 Å². The summed E-state index contributed by atoms with van der Waals surface area (Å²) in [7, 11) is 1.62. The number of alkyl halides is 1. The molecule has 20 heavy (non-hydrogen) atoms. The second-order valence-corrected chi connectivity index (χ2v) is 5.26. The lowest BCUT2D eigenvalue weighted by Gasteiger charge is -2.34. The highest BCUT2D eigenvalue weighted by atomic mass is 79.9. The average Bonchev–Trinajstić information content (AvgIpc) is 2.41. The molecule has 0 saturated carbocycles. The van der Waals surface area contributed by atoms with Gasteiger partial charge in [-0.15, -0.1) is 24.8 Å². The third kappa shape index (κ3) is 4.74. The van der Waals surface area contributed by atoms with Crippen LogP contribution < -0.4 is 10.1 Å². The molecule has 1 saturated heterocycles. The maximum atomic E-state index is 13.4. The maximum absolute atomic E-state index is 13.4. The van der Waals surface area contributed by atoms with Crippen molar-refractivity contribution in [1.82, 2.24) is 10.2 Å². The molecular formula is C13H20BrCl2FN2O. The molecule has 1 aromatic rings. The molecule has 0 radical (unpaired) electrons. The minimum Gasteiger partial charge on any atom is -0.496 e. The van der Waals surface area contributed by atoms with Crippen molar-refractivity contribution in [3.8, 4) is 5.75 Å². The first kappa shape index (κ1) is 19.9. The molecule has 0 aliphatic carbocycles. The number of hydrogen-bond acceptors (Lipinski definition) is 3. The highest BCUT2D eigenvalue weighted by Crippen LogP contribution is 2.32. The first-order valence-electron chi connectivity index (χ1n) is 6.10. The number of methoxy groups -OCH3 is 1. The van der Waals surface area contributed by atoms with Crippen molar-refractivity contribution in [3.63, 3.8) is 0 Å². The van der Waals surface area contributed by atoms with Crippen molar-refractivity contribution in [2.75, 3.05) is 40.0 Å². The van der Waals surface area contributed by atoms with Gasteiger partial charge >= 0.3 is 0 Å². The van der Waals surface area contributed by atoms with Crippen LogP contribution in [0.3, 0.4) is 0 Å². The van der Waals surface area contributed by atoms with E-state index in [-0.39, 0.29) is 30.9 Å². The Morgan fingerprint density at radius 3 is 2.55 bits per heavy atom. The highest BCUT2D eigenvalue weighted by Gasteiger charge is 2.24. The van der Waals surface area contributed by atoms with Crippen LogP contribution in [0.25, 0.3) is 0 Å². The molecule has 1 atom stereocenters. The van der Waals surface area contributed by atoms with Crippen molar-refractivity contribution in [2.45, 2.75) is 6.04 Å². The molecule has 2 rings (SSSR count). The van der Waals surface area contributed by atoms with E-state index in [1.807, 2.05) is 18.2 Å². The van der Waals surface area contributed by atoms with E-state index >= 15 is 0 Å². The number of rotatable bonds is 4. The number of ether oxygens (including phenoxy) is 1. The van der Waals surface area contributed by atoms with Crippen molar-refractivity contribution >= 4 is 40.7 Å². The van der Waals surface area contributed by atoms with Crippen LogP contribution in [0.4, 0.5) is 4.39 Å². The minimum absolute atomic E-state index is 0.